The van der Waals surface area contributed by atoms with Crippen LogP contribution in [0.3, 0.4) is 0 Å². The van der Waals surface area contributed by atoms with Crippen LogP contribution in [0.1, 0.15) is 27.2 Å². The van der Waals surface area contributed by atoms with Gasteiger partial charge in [0.15, 0.2) is 0 Å². The topological polar surface area (TPSA) is 72.5 Å². The van der Waals surface area contributed by atoms with Gasteiger partial charge in [-0.2, -0.15) is 0 Å². The minimum atomic E-state index is -0.706. The van der Waals surface area contributed by atoms with E-state index in [-0.39, 0.29) is 12.5 Å². The number of ether oxygens (including phenoxy) is 1. The lowest BCUT2D eigenvalue weighted by Crippen LogP contribution is -2.41. The van der Waals surface area contributed by atoms with Gasteiger partial charge in [-0.3, -0.25) is 4.79 Å². The van der Waals surface area contributed by atoms with Crippen LogP contribution in [0, 0.1) is 11.8 Å². The number of nitrogens with two attached hydrogens (primary N) is 1. The van der Waals surface area contributed by atoms with Crippen molar-refractivity contribution in [3.8, 4) is 0 Å². The molecular formula is C10H21NO3. The minimum Gasteiger partial charge on any atom is -0.465 e. The molecule has 0 spiro atoms. The average molecular weight is 203 g/mol. The summed E-state index contributed by atoms with van der Waals surface area (Å²) < 4.78 is 4.79. The van der Waals surface area contributed by atoms with Crippen LogP contribution in [0.2, 0.25) is 0 Å². The maximum atomic E-state index is 11.3. The summed E-state index contributed by atoms with van der Waals surface area (Å²) in [7, 11) is 0. The summed E-state index contributed by atoms with van der Waals surface area (Å²) in [6.07, 6.45) is 0.733. The van der Waals surface area contributed by atoms with Gasteiger partial charge in [-0.25, -0.2) is 0 Å². The lowest BCUT2D eigenvalue weighted by Gasteiger charge is -2.21. The number of hydrogen-bond acceptors (Lipinski definition) is 4. The second-order valence-electron chi connectivity index (χ2n) is 3.85. The van der Waals surface area contributed by atoms with Crippen molar-refractivity contribution in [1.82, 2.24) is 0 Å². The molecule has 14 heavy (non-hydrogen) atoms. The summed E-state index contributed by atoms with van der Waals surface area (Å²) in [5, 5.41) is 9.07. The summed E-state index contributed by atoms with van der Waals surface area (Å²) in [5.74, 6) is -0.214. The van der Waals surface area contributed by atoms with Gasteiger partial charge in [0.25, 0.3) is 0 Å². The third-order valence-electron chi connectivity index (χ3n) is 2.08. The third-order valence-corrected chi connectivity index (χ3v) is 2.08. The van der Waals surface area contributed by atoms with Crippen LogP contribution in [0.25, 0.3) is 0 Å². The number of carbonyl (C=O) groups excluding carboxylic acids is 1. The molecule has 0 fully saturated rings. The highest BCUT2D eigenvalue weighted by Gasteiger charge is 2.25. The Morgan fingerprint density at radius 2 is 2.07 bits per heavy atom. The van der Waals surface area contributed by atoms with Gasteiger partial charge >= 0.3 is 5.97 Å². The summed E-state index contributed by atoms with van der Waals surface area (Å²) >= 11 is 0. The van der Waals surface area contributed by atoms with Crippen LogP contribution in [0.5, 0.6) is 0 Å². The monoisotopic (exact) mass is 203 g/mol. The van der Waals surface area contributed by atoms with E-state index in [1.165, 1.54) is 0 Å². The van der Waals surface area contributed by atoms with Crippen LogP contribution >= 0.6 is 0 Å². The van der Waals surface area contributed by atoms with Gasteiger partial charge in [-0.15, -0.1) is 0 Å². The van der Waals surface area contributed by atoms with Crippen LogP contribution < -0.4 is 5.73 Å². The van der Waals surface area contributed by atoms with Crippen LogP contribution in [0.15, 0.2) is 0 Å². The van der Waals surface area contributed by atoms with Gasteiger partial charge in [0.1, 0.15) is 6.04 Å². The van der Waals surface area contributed by atoms with Crippen LogP contribution in [-0.2, 0) is 9.53 Å². The Morgan fingerprint density at radius 3 is 2.43 bits per heavy atom. The number of rotatable bonds is 6. The van der Waals surface area contributed by atoms with Gasteiger partial charge < -0.3 is 15.6 Å². The first-order valence-corrected chi connectivity index (χ1v) is 5.06. The Labute approximate surface area is 85.4 Å². The van der Waals surface area contributed by atoms with Crippen LogP contribution in [0.4, 0.5) is 0 Å². The molecule has 4 heteroatoms. The molecule has 0 radical (unpaired) electrons. The van der Waals surface area contributed by atoms with Crippen molar-refractivity contribution in [2.24, 2.45) is 17.6 Å². The fourth-order valence-electron chi connectivity index (χ4n) is 1.37. The zero-order chi connectivity index (χ0) is 11.1. The Bertz CT molecular complexity index is 171. The number of aliphatic hydroxyl groups excluding tert-OH is 1. The van der Waals surface area contributed by atoms with E-state index in [2.05, 4.69) is 0 Å². The molecule has 0 aromatic heterocycles. The standard InChI is InChI=1S/C10H21NO3/c1-4-14-10(13)9(11)8(6-12)5-7(2)3/h7-9,12H,4-6,11H2,1-3H3. The summed E-state index contributed by atoms with van der Waals surface area (Å²) in [6, 6.07) is -0.706. The van der Waals surface area contributed by atoms with E-state index in [1.807, 2.05) is 13.8 Å². The highest BCUT2D eigenvalue weighted by atomic mass is 16.5. The first kappa shape index (κ1) is 13.4. The molecule has 0 aromatic carbocycles. The maximum Gasteiger partial charge on any atom is 0.323 e. The molecule has 2 atom stereocenters. The fourth-order valence-corrected chi connectivity index (χ4v) is 1.37. The molecule has 0 aliphatic carbocycles. The quantitative estimate of drug-likeness (QED) is 0.618. The van der Waals surface area contributed by atoms with Gasteiger partial charge in [-0.05, 0) is 19.3 Å². The van der Waals surface area contributed by atoms with E-state index >= 15 is 0 Å². The first-order valence-electron chi connectivity index (χ1n) is 5.06. The molecule has 0 amide bonds. The number of aliphatic hydroxyl groups is 1. The van der Waals surface area contributed by atoms with E-state index < -0.39 is 12.0 Å². The van der Waals surface area contributed by atoms with Crippen LogP contribution in [-0.4, -0.2) is 30.3 Å². The fraction of sp³-hybridized carbons (Fsp3) is 0.900. The number of hydrogen-bond donors (Lipinski definition) is 2. The molecule has 0 saturated carbocycles. The largest absolute Gasteiger partial charge is 0.465 e. The van der Waals surface area contributed by atoms with Crippen molar-refractivity contribution in [2.45, 2.75) is 33.2 Å². The highest BCUT2D eigenvalue weighted by Crippen LogP contribution is 2.14. The van der Waals surface area contributed by atoms with E-state index in [1.54, 1.807) is 6.92 Å². The smallest absolute Gasteiger partial charge is 0.323 e. The Morgan fingerprint density at radius 1 is 1.50 bits per heavy atom. The summed E-state index contributed by atoms with van der Waals surface area (Å²) in [4.78, 5) is 11.3. The van der Waals surface area contributed by atoms with E-state index in [9.17, 15) is 4.79 Å². The van der Waals surface area contributed by atoms with E-state index in [0.29, 0.717) is 12.5 Å². The molecule has 2 unspecified atom stereocenters. The van der Waals surface area contributed by atoms with Gasteiger partial charge in [0.2, 0.25) is 0 Å². The Kier molecular flexibility index (Phi) is 6.49. The zero-order valence-corrected chi connectivity index (χ0v) is 9.19. The lowest BCUT2D eigenvalue weighted by atomic mass is 9.91. The molecule has 84 valence electrons. The molecule has 0 aliphatic rings. The van der Waals surface area contributed by atoms with E-state index in [4.69, 9.17) is 15.6 Å². The van der Waals surface area contributed by atoms with Crippen molar-refractivity contribution in [1.29, 1.82) is 0 Å². The second-order valence-corrected chi connectivity index (χ2v) is 3.85. The van der Waals surface area contributed by atoms with Gasteiger partial charge in [0.05, 0.1) is 6.61 Å². The number of carbonyl (C=O) groups is 1. The van der Waals surface area contributed by atoms with Crippen molar-refractivity contribution >= 4 is 5.97 Å². The molecular weight excluding hydrogens is 182 g/mol. The molecule has 3 N–H and O–H groups in total. The predicted molar refractivity (Wildman–Crippen MR) is 54.6 cm³/mol. The molecule has 4 nitrogen and oxygen atoms in total. The van der Waals surface area contributed by atoms with E-state index in [0.717, 1.165) is 6.42 Å². The molecule has 0 aromatic rings. The zero-order valence-electron chi connectivity index (χ0n) is 9.19. The molecule has 0 aliphatic heterocycles. The lowest BCUT2D eigenvalue weighted by molar-refractivity contribution is -0.146. The SMILES string of the molecule is CCOC(=O)C(N)C(CO)CC(C)C. The Balaban J connectivity index is 4.15. The van der Waals surface area contributed by atoms with Gasteiger partial charge in [-0.1, -0.05) is 13.8 Å². The molecule has 0 heterocycles. The Hall–Kier alpha value is -0.610. The normalized spacial score (nSPS) is 15.3. The summed E-state index contributed by atoms with van der Waals surface area (Å²) in [5.41, 5.74) is 5.67. The van der Waals surface area contributed by atoms with Crippen molar-refractivity contribution in [3.05, 3.63) is 0 Å². The minimum absolute atomic E-state index is 0.0713. The molecule has 0 saturated heterocycles. The molecule has 0 rings (SSSR count). The first-order chi connectivity index (χ1) is 6.52. The highest BCUT2D eigenvalue weighted by molar-refractivity contribution is 5.75. The van der Waals surface area contributed by atoms with Crippen molar-refractivity contribution in [2.75, 3.05) is 13.2 Å². The molecule has 0 bridgehead atoms. The third kappa shape index (κ3) is 4.58. The average Bonchev–Trinajstić information content (AvgIpc) is 2.13. The van der Waals surface area contributed by atoms with Crippen molar-refractivity contribution < 1.29 is 14.6 Å². The number of esters is 1. The predicted octanol–water partition coefficient (Wildman–Crippen LogP) is 0.531. The summed E-state index contributed by atoms with van der Waals surface area (Å²) in [6.45, 7) is 6.05. The maximum absolute atomic E-state index is 11.3. The second kappa shape index (κ2) is 6.79. The van der Waals surface area contributed by atoms with Crippen molar-refractivity contribution in [3.63, 3.8) is 0 Å². The van der Waals surface area contributed by atoms with Gasteiger partial charge in [0, 0.05) is 12.5 Å².